The molecule has 0 atom stereocenters. The minimum Gasteiger partial charge on any atom is -0.358 e. The molecule has 0 aliphatic rings. The highest BCUT2D eigenvalue weighted by Gasteiger charge is 2.19. The van der Waals surface area contributed by atoms with Crippen molar-refractivity contribution in [1.82, 2.24) is 9.78 Å². The molecule has 7 heteroatoms. The van der Waals surface area contributed by atoms with Gasteiger partial charge in [0, 0.05) is 5.69 Å². The second-order valence-corrected chi connectivity index (χ2v) is 4.85. The largest absolute Gasteiger partial charge is 0.358 e. The number of anilines is 1. The Balaban J connectivity index is 2.16. The molecular formula is C14H16N4O3. The van der Waals surface area contributed by atoms with E-state index < -0.39 is 4.92 Å². The topological polar surface area (TPSA) is 90.1 Å². The zero-order valence-electron chi connectivity index (χ0n) is 12.1. The molecule has 2 rings (SSSR count). The number of hydrogen-bond donors (Lipinski definition) is 1. The first kappa shape index (κ1) is 14.7. The number of amides is 1. The first-order chi connectivity index (χ1) is 9.88. The Kier molecular flexibility index (Phi) is 4.02. The van der Waals surface area contributed by atoms with E-state index >= 15 is 0 Å². The van der Waals surface area contributed by atoms with E-state index in [9.17, 15) is 14.9 Å². The normalized spacial score (nSPS) is 10.4. The third-order valence-electron chi connectivity index (χ3n) is 3.24. The van der Waals surface area contributed by atoms with Crippen molar-refractivity contribution in [3.63, 3.8) is 0 Å². The Hall–Kier alpha value is -2.70. The lowest BCUT2D eigenvalue weighted by Crippen LogP contribution is -2.21. The molecule has 1 aromatic carbocycles. The van der Waals surface area contributed by atoms with Gasteiger partial charge in [-0.1, -0.05) is 17.2 Å². The molecule has 0 bridgehead atoms. The maximum atomic E-state index is 12.0. The second-order valence-electron chi connectivity index (χ2n) is 4.85. The van der Waals surface area contributed by atoms with Crippen LogP contribution in [0.4, 0.5) is 11.5 Å². The molecule has 1 heterocycles. The number of nitrogens with zero attached hydrogens (tertiary/aromatic N) is 3. The Bertz CT molecular complexity index is 706. The number of carbonyl (C=O) groups excluding carboxylic acids is 1. The van der Waals surface area contributed by atoms with E-state index in [0.717, 1.165) is 15.8 Å². The van der Waals surface area contributed by atoms with Crippen LogP contribution in [0.5, 0.6) is 0 Å². The van der Waals surface area contributed by atoms with Gasteiger partial charge < -0.3 is 15.4 Å². The van der Waals surface area contributed by atoms with E-state index in [1.54, 1.807) is 13.0 Å². The molecule has 0 aliphatic carbocycles. The van der Waals surface area contributed by atoms with Gasteiger partial charge >= 0.3 is 5.82 Å². The summed E-state index contributed by atoms with van der Waals surface area (Å²) >= 11 is 0. The van der Waals surface area contributed by atoms with E-state index in [1.165, 1.54) is 6.07 Å². The van der Waals surface area contributed by atoms with Gasteiger partial charge in [-0.2, -0.15) is 0 Å². The molecule has 0 radical (unpaired) electrons. The summed E-state index contributed by atoms with van der Waals surface area (Å²) in [6, 6.07) is 6.93. The molecule has 0 unspecified atom stereocenters. The lowest BCUT2D eigenvalue weighted by molar-refractivity contribution is -0.392. The van der Waals surface area contributed by atoms with Gasteiger partial charge in [0.15, 0.2) is 6.54 Å². The highest BCUT2D eigenvalue weighted by atomic mass is 16.6. The number of carbonyl (C=O) groups is 1. The molecule has 1 amide bonds. The van der Waals surface area contributed by atoms with Crippen LogP contribution < -0.4 is 5.32 Å². The number of rotatable bonds is 4. The van der Waals surface area contributed by atoms with Crippen molar-refractivity contribution < 1.29 is 9.72 Å². The fourth-order valence-electron chi connectivity index (χ4n) is 2.01. The van der Waals surface area contributed by atoms with Crippen LogP contribution in [0.3, 0.4) is 0 Å². The molecule has 0 aliphatic heterocycles. The Morgan fingerprint density at radius 1 is 1.38 bits per heavy atom. The van der Waals surface area contributed by atoms with Crippen LogP contribution in [0.1, 0.15) is 16.8 Å². The molecule has 7 nitrogen and oxygen atoms in total. The minimum atomic E-state index is -0.550. The quantitative estimate of drug-likeness (QED) is 0.690. The summed E-state index contributed by atoms with van der Waals surface area (Å²) in [5.41, 5.74) is 3.23. The van der Waals surface area contributed by atoms with Gasteiger partial charge in [0.2, 0.25) is 0 Å². The van der Waals surface area contributed by atoms with Crippen molar-refractivity contribution >= 4 is 17.4 Å². The van der Waals surface area contributed by atoms with Crippen LogP contribution in [0, 0.1) is 30.9 Å². The van der Waals surface area contributed by atoms with Crippen molar-refractivity contribution in [2.45, 2.75) is 27.3 Å². The fourth-order valence-corrected chi connectivity index (χ4v) is 2.01. The maximum absolute atomic E-state index is 12.0. The maximum Gasteiger partial charge on any atom is 0.345 e. The van der Waals surface area contributed by atoms with Crippen LogP contribution in [0.2, 0.25) is 0 Å². The molecular weight excluding hydrogens is 272 g/mol. The fraction of sp³-hybridized carbons (Fsp3) is 0.286. The Morgan fingerprint density at radius 2 is 2.10 bits per heavy atom. The molecule has 0 fully saturated rings. The molecule has 0 saturated heterocycles. The van der Waals surface area contributed by atoms with Crippen LogP contribution in [-0.4, -0.2) is 20.6 Å². The summed E-state index contributed by atoms with van der Waals surface area (Å²) < 4.78 is 1.09. The SMILES string of the molecule is Cc1cc([N+](=O)[O-])n(CC(=O)Nc2cccc(C)c2C)n1. The van der Waals surface area contributed by atoms with Crippen molar-refractivity contribution in [2.24, 2.45) is 0 Å². The lowest BCUT2D eigenvalue weighted by Gasteiger charge is -2.09. The molecule has 110 valence electrons. The third-order valence-corrected chi connectivity index (χ3v) is 3.24. The van der Waals surface area contributed by atoms with E-state index in [4.69, 9.17) is 0 Å². The summed E-state index contributed by atoms with van der Waals surface area (Å²) in [5, 5.41) is 17.6. The molecule has 2 aromatic rings. The van der Waals surface area contributed by atoms with Crippen molar-refractivity contribution in [2.75, 3.05) is 5.32 Å². The number of nitrogens with one attached hydrogen (secondary N) is 1. The first-order valence-electron chi connectivity index (χ1n) is 6.43. The Labute approximate surface area is 121 Å². The highest BCUT2D eigenvalue weighted by molar-refractivity contribution is 5.91. The van der Waals surface area contributed by atoms with Gasteiger partial charge in [-0.25, -0.2) is 0 Å². The van der Waals surface area contributed by atoms with E-state index in [1.807, 2.05) is 26.0 Å². The second kappa shape index (κ2) is 5.74. The average molecular weight is 288 g/mol. The van der Waals surface area contributed by atoms with Crippen molar-refractivity contribution in [3.8, 4) is 0 Å². The van der Waals surface area contributed by atoms with Crippen LogP contribution in [0.25, 0.3) is 0 Å². The summed E-state index contributed by atoms with van der Waals surface area (Å²) in [4.78, 5) is 22.4. The van der Waals surface area contributed by atoms with Gasteiger partial charge in [0.25, 0.3) is 5.91 Å². The molecule has 1 N–H and O–H groups in total. The lowest BCUT2D eigenvalue weighted by atomic mass is 10.1. The molecule has 0 saturated carbocycles. The average Bonchev–Trinajstić information content (AvgIpc) is 2.76. The summed E-state index contributed by atoms with van der Waals surface area (Å²) in [5.74, 6) is -0.543. The molecule has 0 spiro atoms. The van der Waals surface area contributed by atoms with E-state index in [2.05, 4.69) is 10.4 Å². The number of aryl methyl sites for hydroxylation is 2. The molecule has 21 heavy (non-hydrogen) atoms. The Morgan fingerprint density at radius 3 is 2.76 bits per heavy atom. The van der Waals surface area contributed by atoms with Gasteiger partial charge in [-0.15, -0.1) is 4.68 Å². The smallest absolute Gasteiger partial charge is 0.345 e. The molecule has 1 aromatic heterocycles. The zero-order valence-corrected chi connectivity index (χ0v) is 12.1. The number of aromatic nitrogens is 2. The standard InChI is InChI=1S/C14H16N4O3/c1-9-5-4-6-12(11(9)3)15-13(19)8-17-14(18(20)21)7-10(2)16-17/h4-7H,8H2,1-3H3,(H,15,19). The van der Waals surface area contributed by atoms with Gasteiger partial charge in [0.05, 0.1) is 11.8 Å². The van der Waals surface area contributed by atoms with Gasteiger partial charge in [-0.3, -0.25) is 4.79 Å². The van der Waals surface area contributed by atoms with Crippen molar-refractivity contribution in [1.29, 1.82) is 0 Å². The summed E-state index contributed by atoms with van der Waals surface area (Å²) in [6.07, 6.45) is 0. The van der Waals surface area contributed by atoms with Gasteiger partial charge in [-0.05, 0) is 42.9 Å². The monoisotopic (exact) mass is 288 g/mol. The van der Waals surface area contributed by atoms with E-state index in [-0.39, 0.29) is 18.3 Å². The predicted molar refractivity (Wildman–Crippen MR) is 78.2 cm³/mol. The number of nitro groups is 1. The van der Waals surface area contributed by atoms with Crippen molar-refractivity contribution in [3.05, 3.63) is 51.2 Å². The third kappa shape index (κ3) is 3.25. The first-order valence-corrected chi connectivity index (χ1v) is 6.43. The van der Waals surface area contributed by atoms with Gasteiger partial charge in [0.1, 0.15) is 0 Å². The predicted octanol–water partition coefficient (Wildman–Crippen LogP) is 2.36. The summed E-state index contributed by atoms with van der Waals surface area (Å²) in [6.45, 7) is 5.31. The van der Waals surface area contributed by atoms with Crippen LogP contribution >= 0.6 is 0 Å². The number of benzene rings is 1. The van der Waals surface area contributed by atoms with E-state index in [0.29, 0.717) is 11.4 Å². The minimum absolute atomic E-state index is 0.191. The van der Waals surface area contributed by atoms with Crippen LogP contribution in [0.15, 0.2) is 24.3 Å². The van der Waals surface area contributed by atoms with Crippen LogP contribution in [-0.2, 0) is 11.3 Å². The zero-order chi connectivity index (χ0) is 15.6. The highest BCUT2D eigenvalue weighted by Crippen LogP contribution is 2.18. The summed E-state index contributed by atoms with van der Waals surface area (Å²) in [7, 11) is 0. The number of hydrogen-bond acceptors (Lipinski definition) is 4.